The van der Waals surface area contributed by atoms with Crippen molar-refractivity contribution in [2.45, 2.75) is 44.3 Å². The lowest BCUT2D eigenvalue weighted by molar-refractivity contribution is -0.120. The normalized spacial score (nSPS) is 12.0. The minimum atomic E-state index is -0.394. The van der Waals surface area contributed by atoms with Gasteiger partial charge in [0, 0.05) is 0 Å². The van der Waals surface area contributed by atoms with Gasteiger partial charge in [0.2, 0.25) is 11.1 Å². The number of nitrogens with two attached hydrogens (primary N) is 1. The highest BCUT2D eigenvalue weighted by Crippen LogP contribution is 2.23. The largest absolute Gasteiger partial charge is 0.485 e. The Morgan fingerprint density at radius 1 is 1.36 bits per heavy atom. The molecule has 8 nitrogen and oxygen atoms in total. The lowest BCUT2D eigenvalue weighted by atomic mass is 10.1. The molecule has 0 bridgehead atoms. The predicted molar refractivity (Wildman–Crippen MR) is 106 cm³/mol. The summed E-state index contributed by atoms with van der Waals surface area (Å²) >= 11 is 1.23. The Kier molecular flexibility index (Phi) is 6.25. The van der Waals surface area contributed by atoms with Crippen LogP contribution in [-0.4, -0.2) is 26.0 Å². The molecule has 3 aromatic rings. The Bertz CT molecular complexity index is 939. The second-order valence-corrected chi connectivity index (χ2v) is 7.69. The third-order valence-corrected chi connectivity index (χ3v) is 5.15. The predicted octanol–water partition coefficient (Wildman–Crippen LogP) is 2.58. The van der Waals surface area contributed by atoms with E-state index in [0.29, 0.717) is 23.3 Å². The number of ether oxygens (including phenoxy) is 1. The van der Waals surface area contributed by atoms with Crippen molar-refractivity contribution in [1.29, 1.82) is 0 Å². The zero-order valence-electron chi connectivity index (χ0n) is 16.0. The van der Waals surface area contributed by atoms with Crippen LogP contribution < -0.4 is 15.9 Å². The number of carbonyl (C=O) groups excluding carboxylic acids is 1. The molecule has 148 valence electrons. The number of rotatable bonds is 8. The van der Waals surface area contributed by atoms with Gasteiger partial charge < -0.3 is 20.3 Å². The highest BCUT2D eigenvalue weighted by atomic mass is 32.2. The van der Waals surface area contributed by atoms with E-state index in [1.165, 1.54) is 22.0 Å². The van der Waals surface area contributed by atoms with Gasteiger partial charge in [-0.3, -0.25) is 4.79 Å². The second-order valence-electron chi connectivity index (χ2n) is 6.38. The van der Waals surface area contributed by atoms with Gasteiger partial charge in [-0.25, -0.2) is 4.68 Å². The number of nitrogens with zero attached hydrogens (tertiary/aromatic N) is 3. The Balaban J connectivity index is 1.55. The molecule has 3 rings (SSSR count). The maximum absolute atomic E-state index is 12.2. The van der Waals surface area contributed by atoms with Gasteiger partial charge in [-0.1, -0.05) is 29.5 Å². The molecular weight excluding hydrogens is 378 g/mol. The fourth-order valence-electron chi connectivity index (χ4n) is 2.53. The first-order valence-electron chi connectivity index (χ1n) is 8.80. The summed E-state index contributed by atoms with van der Waals surface area (Å²) < 4.78 is 12.4. The summed E-state index contributed by atoms with van der Waals surface area (Å²) in [6, 6.07) is 9.53. The third kappa shape index (κ3) is 4.86. The molecule has 1 aromatic carbocycles. The SMILES string of the molecule is Cc1ccc(OCc2nnc(S[C@H](C)C(=O)NCc3ccco3)n2N)c(C)c1. The molecule has 3 N–H and O–H groups in total. The van der Waals surface area contributed by atoms with E-state index in [1.54, 1.807) is 25.3 Å². The van der Waals surface area contributed by atoms with Crippen LogP contribution in [0.3, 0.4) is 0 Å². The third-order valence-electron chi connectivity index (χ3n) is 4.09. The van der Waals surface area contributed by atoms with Crippen LogP contribution in [0.15, 0.2) is 46.2 Å². The van der Waals surface area contributed by atoms with Gasteiger partial charge in [0.15, 0.2) is 5.82 Å². The Morgan fingerprint density at radius 2 is 2.18 bits per heavy atom. The number of furan rings is 1. The van der Waals surface area contributed by atoms with Crippen LogP contribution in [0.25, 0.3) is 0 Å². The second kappa shape index (κ2) is 8.83. The van der Waals surface area contributed by atoms with Gasteiger partial charge in [-0.2, -0.15) is 0 Å². The maximum Gasteiger partial charge on any atom is 0.233 e. The molecule has 0 aliphatic heterocycles. The van der Waals surface area contributed by atoms with Gasteiger partial charge in [0.05, 0.1) is 18.1 Å². The van der Waals surface area contributed by atoms with E-state index in [-0.39, 0.29) is 12.5 Å². The van der Waals surface area contributed by atoms with E-state index < -0.39 is 5.25 Å². The molecule has 0 saturated carbocycles. The van der Waals surface area contributed by atoms with Crippen molar-refractivity contribution in [3.05, 3.63) is 59.3 Å². The summed E-state index contributed by atoms with van der Waals surface area (Å²) in [6.45, 7) is 6.32. The minimum Gasteiger partial charge on any atom is -0.485 e. The van der Waals surface area contributed by atoms with Crippen molar-refractivity contribution in [3.8, 4) is 5.75 Å². The Hall–Kier alpha value is -2.94. The maximum atomic E-state index is 12.2. The number of hydrogen-bond donors (Lipinski definition) is 2. The first kappa shape index (κ1) is 19.8. The molecule has 0 unspecified atom stereocenters. The quantitative estimate of drug-likeness (QED) is 0.441. The Labute approximate surface area is 167 Å². The van der Waals surface area contributed by atoms with E-state index in [9.17, 15) is 4.79 Å². The number of aromatic nitrogens is 3. The van der Waals surface area contributed by atoms with Crippen LogP contribution in [0.2, 0.25) is 0 Å². The van der Waals surface area contributed by atoms with Crippen molar-refractivity contribution >= 4 is 17.7 Å². The number of nitrogen functional groups attached to an aromatic ring is 1. The van der Waals surface area contributed by atoms with Crippen LogP contribution in [0.5, 0.6) is 5.75 Å². The standard InChI is InChI=1S/C19H23N5O3S/c1-12-6-7-16(13(2)9-12)27-11-17-22-23-19(24(17)20)28-14(3)18(25)21-10-15-5-4-8-26-15/h4-9,14H,10-11,20H2,1-3H3,(H,21,25)/t14-/m1/s1. The summed E-state index contributed by atoms with van der Waals surface area (Å²) in [6.07, 6.45) is 1.57. The number of nitrogens with one attached hydrogen (secondary N) is 1. The molecule has 0 spiro atoms. The monoisotopic (exact) mass is 401 g/mol. The van der Waals surface area contributed by atoms with Crippen LogP contribution in [-0.2, 0) is 17.9 Å². The summed E-state index contributed by atoms with van der Waals surface area (Å²) in [5.74, 6) is 7.87. The van der Waals surface area contributed by atoms with Crippen molar-refractivity contribution in [2.24, 2.45) is 0 Å². The summed E-state index contributed by atoms with van der Waals surface area (Å²) in [7, 11) is 0. The van der Waals surface area contributed by atoms with Crippen LogP contribution in [0, 0.1) is 13.8 Å². The molecular formula is C19H23N5O3S. The molecule has 0 fully saturated rings. The highest BCUT2D eigenvalue weighted by molar-refractivity contribution is 8.00. The van der Waals surface area contributed by atoms with Crippen LogP contribution in [0.4, 0.5) is 0 Å². The Morgan fingerprint density at radius 3 is 2.89 bits per heavy atom. The molecule has 0 radical (unpaired) electrons. The molecule has 28 heavy (non-hydrogen) atoms. The summed E-state index contributed by atoms with van der Waals surface area (Å²) in [5.41, 5.74) is 2.21. The molecule has 1 amide bonds. The van der Waals surface area contributed by atoms with Gasteiger partial charge in [-0.15, -0.1) is 10.2 Å². The number of benzene rings is 1. The number of hydrogen-bond acceptors (Lipinski definition) is 7. The van der Waals surface area contributed by atoms with E-state index in [2.05, 4.69) is 15.5 Å². The fourth-order valence-corrected chi connectivity index (χ4v) is 3.35. The van der Waals surface area contributed by atoms with Gasteiger partial charge >= 0.3 is 0 Å². The molecule has 0 saturated heterocycles. The molecule has 2 aromatic heterocycles. The van der Waals surface area contributed by atoms with E-state index in [4.69, 9.17) is 15.0 Å². The van der Waals surface area contributed by atoms with Gasteiger partial charge in [-0.05, 0) is 44.5 Å². The average molecular weight is 401 g/mol. The first-order chi connectivity index (χ1) is 13.4. The van der Waals surface area contributed by atoms with Crippen molar-refractivity contribution < 1.29 is 13.9 Å². The number of amides is 1. The van der Waals surface area contributed by atoms with Gasteiger partial charge in [0.25, 0.3) is 0 Å². The summed E-state index contributed by atoms with van der Waals surface area (Å²) in [5, 5.41) is 11.0. The average Bonchev–Trinajstić information content (AvgIpc) is 3.30. The number of aryl methyl sites for hydroxylation is 2. The van der Waals surface area contributed by atoms with Crippen LogP contribution in [0.1, 0.15) is 29.6 Å². The minimum absolute atomic E-state index is 0.141. The van der Waals surface area contributed by atoms with Crippen molar-refractivity contribution in [2.75, 3.05) is 5.84 Å². The first-order valence-corrected chi connectivity index (χ1v) is 9.68. The lowest BCUT2D eigenvalue weighted by Gasteiger charge is -2.11. The smallest absolute Gasteiger partial charge is 0.233 e. The van der Waals surface area contributed by atoms with E-state index in [1.807, 2.05) is 32.0 Å². The van der Waals surface area contributed by atoms with E-state index in [0.717, 1.165) is 11.3 Å². The molecule has 0 aliphatic rings. The molecule has 2 heterocycles. The van der Waals surface area contributed by atoms with E-state index >= 15 is 0 Å². The summed E-state index contributed by atoms with van der Waals surface area (Å²) in [4.78, 5) is 12.2. The zero-order valence-corrected chi connectivity index (χ0v) is 16.8. The van der Waals surface area contributed by atoms with Gasteiger partial charge in [0.1, 0.15) is 18.1 Å². The molecule has 1 atom stereocenters. The number of carbonyl (C=O) groups is 1. The molecule has 0 aliphatic carbocycles. The molecule has 9 heteroatoms. The zero-order chi connectivity index (χ0) is 20.1. The number of thioether (sulfide) groups is 1. The topological polar surface area (TPSA) is 108 Å². The fraction of sp³-hybridized carbons (Fsp3) is 0.316. The van der Waals surface area contributed by atoms with Crippen molar-refractivity contribution in [1.82, 2.24) is 20.2 Å². The lowest BCUT2D eigenvalue weighted by Crippen LogP contribution is -2.30. The van der Waals surface area contributed by atoms with Crippen molar-refractivity contribution in [3.63, 3.8) is 0 Å². The van der Waals surface area contributed by atoms with Crippen LogP contribution >= 0.6 is 11.8 Å². The highest BCUT2D eigenvalue weighted by Gasteiger charge is 2.19.